The van der Waals surface area contributed by atoms with Gasteiger partial charge in [-0.2, -0.15) is 13.2 Å². The Bertz CT molecular complexity index is 1880. The number of alkyl halides is 3. The minimum Gasteiger partial charge on any atom is -0.489 e. The Kier molecular flexibility index (Phi) is 9.50. The standard InChI is InChI=1S/C34H27N3O.C2HF3O2/c35-22-24-11-13-28(14-12-24)34-30(26-9-5-2-6-10-26)21-31-32(37-34)19-20-36-33(31)27-15-17-29(18-16-27)38-23-25-7-3-1-4-8-25;3-2(4,5)1(6)7/h1-21H,22-23,35H2;(H,6,7)/p+1. The summed E-state index contributed by atoms with van der Waals surface area (Å²) in [4.78, 5) is 18.8. The third-order valence-corrected chi connectivity index (χ3v) is 6.96. The Hall–Kier alpha value is -5.54. The van der Waals surface area contributed by atoms with Crippen LogP contribution in [0.2, 0.25) is 0 Å². The van der Waals surface area contributed by atoms with Crippen LogP contribution in [0.4, 0.5) is 13.2 Å². The van der Waals surface area contributed by atoms with Crippen LogP contribution >= 0.6 is 0 Å². The number of pyridine rings is 2. The largest absolute Gasteiger partial charge is 0.490 e. The predicted octanol–water partition coefficient (Wildman–Crippen LogP) is 7.59. The average Bonchev–Trinajstić information content (AvgIpc) is 3.07. The van der Waals surface area contributed by atoms with Gasteiger partial charge < -0.3 is 15.6 Å². The zero-order valence-corrected chi connectivity index (χ0v) is 24.0. The van der Waals surface area contributed by atoms with Crippen molar-refractivity contribution in [1.29, 1.82) is 0 Å². The number of hydrogen-bond acceptors (Lipinski definition) is 4. The molecule has 6 rings (SSSR count). The molecule has 0 aliphatic rings. The van der Waals surface area contributed by atoms with Crippen LogP contribution in [0.25, 0.3) is 44.5 Å². The van der Waals surface area contributed by atoms with Gasteiger partial charge >= 0.3 is 12.1 Å². The van der Waals surface area contributed by atoms with Gasteiger partial charge in [-0.05, 0) is 47.5 Å². The van der Waals surface area contributed by atoms with Gasteiger partial charge in [0.2, 0.25) is 0 Å². The van der Waals surface area contributed by atoms with Crippen molar-refractivity contribution in [3.05, 3.63) is 139 Å². The Balaban J connectivity index is 0.000000515. The number of halogens is 3. The molecular weight excluding hydrogens is 579 g/mol. The number of ether oxygens (including phenoxy) is 1. The number of fused-ring (bicyclic) bond motifs is 1. The fourth-order valence-corrected chi connectivity index (χ4v) is 4.66. The van der Waals surface area contributed by atoms with E-state index in [9.17, 15) is 13.2 Å². The van der Waals surface area contributed by atoms with Crippen LogP contribution in [0, 0.1) is 0 Å². The van der Waals surface area contributed by atoms with Crippen LogP contribution in [0.3, 0.4) is 0 Å². The average molecular weight is 609 g/mol. The van der Waals surface area contributed by atoms with Gasteiger partial charge in [0.05, 0.1) is 23.4 Å². The van der Waals surface area contributed by atoms with Crippen molar-refractivity contribution >= 4 is 16.9 Å². The Labute approximate surface area is 257 Å². The van der Waals surface area contributed by atoms with E-state index in [0.717, 1.165) is 62.4 Å². The van der Waals surface area contributed by atoms with Gasteiger partial charge in [-0.3, -0.25) is 4.98 Å². The molecule has 0 radical (unpaired) electrons. The van der Waals surface area contributed by atoms with E-state index < -0.39 is 12.1 Å². The van der Waals surface area contributed by atoms with Gasteiger partial charge in [0, 0.05) is 33.8 Å². The molecule has 6 nitrogen and oxygen atoms in total. The van der Waals surface area contributed by atoms with E-state index in [1.54, 1.807) is 0 Å². The number of carboxylic acids is 1. The number of aliphatic carboxylic acids is 1. The van der Waals surface area contributed by atoms with Gasteiger partial charge in [-0.1, -0.05) is 84.9 Å². The highest BCUT2D eigenvalue weighted by Gasteiger charge is 2.38. The molecule has 45 heavy (non-hydrogen) atoms. The molecule has 0 saturated carbocycles. The summed E-state index contributed by atoms with van der Waals surface area (Å²) < 4.78 is 37.7. The van der Waals surface area contributed by atoms with E-state index in [0.29, 0.717) is 6.61 Å². The summed E-state index contributed by atoms with van der Waals surface area (Å²) in [5.74, 6) is -1.93. The molecule has 2 heterocycles. The Morgan fingerprint density at radius 1 is 0.733 bits per heavy atom. The van der Waals surface area contributed by atoms with Gasteiger partial charge in [0.1, 0.15) is 12.4 Å². The summed E-state index contributed by atoms with van der Waals surface area (Å²) in [5, 5.41) is 8.14. The van der Waals surface area contributed by atoms with Gasteiger partial charge in [-0.25, -0.2) is 9.78 Å². The van der Waals surface area contributed by atoms with Crippen molar-refractivity contribution < 1.29 is 33.5 Å². The van der Waals surface area contributed by atoms with Crippen molar-refractivity contribution in [2.24, 2.45) is 0 Å². The maximum Gasteiger partial charge on any atom is 0.490 e. The van der Waals surface area contributed by atoms with Crippen molar-refractivity contribution in [3.63, 3.8) is 0 Å². The van der Waals surface area contributed by atoms with Crippen LogP contribution in [0.5, 0.6) is 5.75 Å². The monoisotopic (exact) mass is 608 g/mol. The van der Waals surface area contributed by atoms with Crippen LogP contribution in [0.15, 0.2) is 128 Å². The second kappa shape index (κ2) is 13.8. The van der Waals surface area contributed by atoms with Crippen LogP contribution < -0.4 is 10.5 Å². The molecule has 0 atom stereocenters. The highest BCUT2D eigenvalue weighted by molar-refractivity contribution is 5.98. The topological polar surface area (TPSA) is 100.0 Å². The SMILES string of the molecule is O=C(O)C(F)(F)F.[NH3+]Cc1ccc(-c2nc3ccnc(-c4ccc(OCc5ccccc5)cc4)c3cc2-c2ccccc2)cc1. The highest BCUT2D eigenvalue weighted by atomic mass is 19.4. The lowest BCUT2D eigenvalue weighted by atomic mass is 9.95. The van der Waals surface area contributed by atoms with E-state index in [4.69, 9.17) is 24.6 Å². The van der Waals surface area contributed by atoms with Crippen molar-refractivity contribution in [2.45, 2.75) is 19.3 Å². The molecule has 0 amide bonds. The van der Waals surface area contributed by atoms with Crippen LogP contribution in [-0.4, -0.2) is 27.2 Å². The Morgan fingerprint density at radius 3 is 1.91 bits per heavy atom. The molecule has 0 aliphatic heterocycles. The minimum atomic E-state index is -5.08. The van der Waals surface area contributed by atoms with Crippen LogP contribution in [0.1, 0.15) is 11.1 Å². The molecule has 0 saturated heterocycles. The van der Waals surface area contributed by atoms with Crippen molar-refractivity contribution in [3.8, 4) is 39.4 Å². The first kappa shape index (κ1) is 30.9. The van der Waals surface area contributed by atoms with E-state index in [1.807, 2.05) is 48.7 Å². The number of carbonyl (C=O) groups is 1. The smallest absolute Gasteiger partial charge is 0.489 e. The third-order valence-electron chi connectivity index (χ3n) is 6.96. The number of aromatic nitrogens is 2. The fourth-order valence-electron chi connectivity index (χ4n) is 4.66. The molecule has 0 spiro atoms. The third kappa shape index (κ3) is 7.70. The lowest BCUT2D eigenvalue weighted by molar-refractivity contribution is -0.386. The zero-order chi connectivity index (χ0) is 31.8. The van der Waals surface area contributed by atoms with E-state index in [-0.39, 0.29) is 0 Å². The number of nitrogens with zero attached hydrogens (tertiary/aromatic N) is 2. The highest BCUT2D eigenvalue weighted by Crippen LogP contribution is 2.36. The van der Waals surface area contributed by atoms with Gasteiger partial charge in [-0.15, -0.1) is 0 Å². The normalized spacial score (nSPS) is 11.0. The lowest BCUT2D eigenvalue weighted by Crippen LogP contribution is -2.47. The molecule has 0 fully saturated rings. The molecule has 4 N–H and O–H groups in total. The quantitative estimate of drug-likeness (QED) is 0.195. The summed E-state index contributed by atoms with van der Waals surface area (Å²) in [6.45, 7) is 1.30. The molecule has 4 aromatic carbocycles. The van der Waals surface area contributed by atoms with Crippen molar-refractivity contribution in [1.82, 2.24) is 9.97 Å². The summed E-state index contributed by atoms with van der Waals surface area (Å²) in [6.07, 6.45) is -3.25. The molecule has 2 aromatic heterocycles. The lowest BCUT2D eigenvalue weighted by Gasteiger charge is -2.14. The fraction of sp³-hybridized carbons (Fsp3) is 0.0833. The molecule has 6 aromatic rings. The van der Waals surface area contributed by atoms with E-state index >= 15 is 0 Å². The molecule has 0 aliphatic carbocycles. The van der Waals surface area contributed by atoms with Crippen molar-refractivity contribution in [2.75, 3.05) is 0 Å². The minimum absolute atomic E-state index is 0.537. The molecule has 0 bridgehead atoms. The summed E-state index contributed by atoms with van der Waals surface area (Å²) in [5.41, 5.74) is 13.4. The first-order valence-corrected chi connectivity index (χ1v) is 14.0. The summed E-state index contributed by atoms with van der Waals surface area (Å²) in [6, 6.07) is 41.5. The molecule has 9 heteroatoms. The second-order valence-corrected chi connectivity index (χ2v) is 10.0. The second-order valence-electron chi connectivity index (χ2n) is 10.0. The maximum atomic E-state index is 10.6. The van der Waals surface area contributed by atoms with Crippen LogP contribution in [-0.2, 0) is 17.9 Å². The number of rotatable bonds is 7. The van der Waals surface area contributed by atoms with Gasteiger partial charge in [0.15, 0.2) is 0 Å². The number of benzene rings is 4. The number of carboxylic acid groups (broad SMARTS) is 1. The predicted molar refractivity (Wildman–Crippen MR) is 167 cm³/mol. The van der Waals surface area contributed by atoms with E-state index in [1.165, 1.54) is 5.56 Å². The van der Waals surface area contributed by atoms with Gasteiger partial charge in [0.25, 0.3) is 0 Å². The zero-order valence-electron chi connectivity index (χ0n) is 24.0. The molecular formula is C36H29F3N3O3+. The number of quaternary nitrogens is 1. The summed E-state index contributed by atoms with van der Waals surface area (Å²) in [7, 11) is 0. The maximum absolute atomic E-state index is 10.6. The first-order chi connectivity index (χ1) is 21.7. The van der Waals surface area contributed by atoms with E-state index in [2.05, 4.69) is 84.6 Å². The Morgan fingerprint density at radius 2 is 1.31 bits per heavy atom. The molecule has 0 unspecified atom stereocenters. The first-order valence-electron chi connectivity index (χ1n) is 14.0. The summed E-state index contributed by atoms with van der Waals surface area (Å²) >= 11 is 0. The molecule has 226 valence electrons. The number of hydrogen-bond donors (Lipinski definition) is 2.